The molecule has 8 nitrogen and oxygen atoms in total. The van der Waals surface area contributed by atoms with Crippen molar-refractivity contribution in [1.29, 1.82) is 0 Å². The molecule has 4 N–H and O–H groups in total. The average Bonchev–Trinajstić information content (AvgIpc) is 3.12. The third-order valence-electron chi connectivity index (χ3n) is 3.73. The summed E-state index contributed by atoms with van der Waals surface area (Å²) in [6.07, 6.45) is 3.37. The molecule has 0 spiro atoms. The number of aromatic carboxylic acids is 1. The highest BCUT2D eigenvalue weighted by atomic mass is 32.1. The summed E-state index contributed by atoms with van der Waals surface area (Å²) in [7, 11) is 0. The molecular formula is C19H19N5O3S. The number of pyridine rings is 1. The maximum Gasteiger partial charge on any atom is 0.349 e. The van der Waals surface area contributed by atoms with Crippen LogP contribution in [0.1, 0.15) is 22.2 Å². The Bertz CT molecular complexity index is 957. The molecule has 28 heavy (non-hydrogen) atoms. The second kappa shape index (κ2) is 8.96. The Morgan fingerprint density at radius 3 is 2.61 bits per heavy atom. The summed E-state index contributed by atoms with van der Waals surface area (Å²) >= 11 is 1.11. The van der Waals surface area contributed by atoms with Crippen molar-refractivity contribution in [2.45, 2.75) is 13.5 Å². The van der Waals surface area contributed by atoms with Crippen molar-refractivity contribution in [1.82, 2.24) is 15.3 Å². The molecule has 0 unspecified atom stereocenters. The molecule has 2 aromatic heterocycles. The number of hydrogen-bond acceptors (Lipinski definition) is 6. The Morgan fingerprint density at radius 1 is 1.18 bits per heavy atom. The highest BCUT2D eigenvalue weighted by Crippen LogP contribution is 2.31. The third kappa shape index (κ3) is 4.83. The van der Waals surface area contributed by atoms with E-state index in [1.807, 2.05) is 19.1 Å². The minimum Gasteiger partial charge on any atom is -0.477 e. The summed E-state index contributed by atoms with van der Waals surface area (Å²) < 4.78 is 0. The molecule has 3 aromatic rings. The highest BCUT2D eigenvalue weighted by molar-refractivity contribution is 7.17. The quantitative estimate of drug-likeness (QED) is 0.483. The van der Waals surface area contributed by atoms with Crippen molar-refractivity contribution in [3.8, 4) is 10.6 Å². The van der Waals surface area contributed by atoms with Gasteiger partial charge in [0.15, 0.2) is 10.7 Å². The Morgan fingerprint density at radius 2 is 1.96 bits per heavy atom. The van der Waals surface area contributed by atoms with Gasteiger partial charge in [-0.2, -0.15) is 0 Å². The van der Waals surface area contributed by atoms with Crippen LogP contribution < -0.4 is 16.0 Å². The number of thiazole rings is 1. The van der Waals surface area contributed by atoms with Crippen LogP contribution in [-0.2, 0) is 6.54 Å². The molecule has 0 bridgehead atoms. The van der Waals surface area contributed by atoms with Gasteiger partial charge in [0.05, 0.1) is 0 Å². The molecule has 3 rings (SSSR count). The minimum atomic E-state index is -1.01. The molecule has 144 valence electrons. The van der Waals surface area contributed by atoms with Gasteiger partial charge in [-0.3, -0.25) is 4.98 Å². The van der Waals surface area contributed by atoms with E-state index >= 15 is 0 Å². The van der Waals surface area contributed by atoms with Crippen molar-refractivity contribution in [3.63, 3.8) is 0 Å². The van der Waals surface area contributed by atoms with Gasteiger partial charge in [0.25, 0.3) is 0 Å². The van der Waals surface area contributed by atoms with E-state index < -0.39 is 5.97 Å². The number of carbonyl (C=O) groups is 2. The van der Waals surface area contributed by atoms with Gasteiger partial charge in [0, 0.05) is 36.7 Å². The number of hydrogen-bond donors (Lipinski definition) is 4. The van der Waals surface area contributed by atoms with Crippen molar-refractivity contribution in [2.75, 3.05) is 17.2 Å². The Labute approximate surface area is 165 Å². The SMILES string of the molecule is CCNc1nc(-c2ccc(NC(=O)NCc3cccnc3)cc2)sc1C(=O)O. The van der Waals surface area contributed by atoms with E-state index in [0.29, 0.717) is 29.6 Å². The van der Waals surface area contributed by atoms with Gasteiger partial charge >= 0.3 is 12.0 Å². The van der Waals surface area contributed by atoms with Gasteiger partial charge < -0.3 is 21.1 Å². The van der Waals surface area contributed by atoms with Crippen molar-refractivity contribution in [3.05, 3.63) is 59.2 Å². The standard InChI is InChI=1S/C19H19N5O3S/c1-2-21-16-15(18(25)26)28-17(24-16)13-5-7-14(8-6-13)23-19(27)22-11-12-4-3-9-20-10-12/h3-10,21H,2,11H2,1H3,(H,25,26)(H2,22,23,27). The fourth-order valence-electron chi connectivity index (χ4n) is 2.43. The van der Waals surface area contributed by atoms with Crippen LogP contribution in [0.4, 0.5) is 16.3 Å². The highest BCUT2D eigenvalue weighted by Gasteiger charge is 2.17. The van der Waals surface area contributed by atoms with E-state index in [1.165, 1.54) is 0 Å². The Balaban J connectivity index is 1.64. The van der Waals surface area contributed by atoms with Crippen LogP contribution in [0.3, 0.4) is 0 Å². The molecule has 0 aliphatic heterocycles. The summed E-state index contributed by atoms with van der Waals surface area (Å²) in [5.41, 5.74) is 2.30. The van der Waals surface area contributed by atoms with Crippen LogP contribution in [0, 0.1) is 0 Å². The zero-order valence-corrected chi connectivity index (χ0v) is 15.9. The molecule has 0 aliphatic carbocycles. The number of amides is 2. The molecule has 2 heterocycles. The number of carbonyl (C=O) groups excluding carboxylic acids is 1. The molecule has 0 fully saturated rings. The van der Waals surface area contributed by atoms with Gasteiger partial charge in [-0.05, 0) is 42.8 Å². The van der Waals surface area contributed by atoms with Crippen molar-refractivity contribution in [2.24, 2.45) is 0 Å². The number of nitrogens with one attached hydrogen (secondary N) is 3. The lowest BCUT2D eigenvalue weighted by atomic mass is 10.2. The first-order valence-corrected chi connectivity index (χ1v) is 9.40. The molecule has 0 saturated heterocycles. The number of urea groups is 1. The van der Waals surface area contributed by atoms with Crippen LogP contribution in [0.25, 0.3) is 10.6 Å². The number of anilines is 2. The maximum absolute atomic E-state index is 12.0. The van der Waals surface area contributed by atoms with E-state index in [-0.39, 0.29) is 10.9 Å². The summed E-state index contributed by atoms with van der Waals surface area (Å²) in [6, 6.07) is 10.4. The molecular weight excluding hydrogens is 378 g/mol. The van der Waals surface area contributed by atoms with E-state index in [9.17, 15) is 14.7 Å². The first-order valence-electron chi connectivity index (χ1n) is 8.59. The van der Waals surface area contributed by atoms with Crippen LogP contribution in [0.5, 0.6) is 0 Å². The summed E-state index contributed by atoms with van der Waals surface area (Å²) in [6.45, 7) is 2.84. The van der Waals surface area contributed by atoms with Crippen LogP contribution in [-0.4, -0.2) is 33.6 Å². The molecule has 0 radical (unpaired) electrons. The van der Waals surface area contributed by atoms with Crippen molar-refractivity contribution >= 4 is 34.8 Å². The van der Waals surface area contributed by atoms with Crippen LogP contribution in [0.2, 0.25) is 0 Å². The zero-order chi connectivity index (χ0) is 19.9. The molecule has 0 aliphatic rings. The van der Waals surface area contributed by atoms with Gasteiger partial charge in [-0.25, -0.2) is 14.6 Å². The predicted molar refractivity (Wildman–Crippen MR) is 109 cm³/mol. The normalized spacial score (nSPS) is 10.3. The van der Waals surface area contributed by atoms with Gasteiger partial charge in [-0.15, -0.1) is 11.3 Å². The lowest BCUT2D eigenvalue weighted by Crippen LogP contribution is -2.28. The Kier molecular flexibility index (Phi) is 6.18. The predicted octanol–water partition coefficient (Wildman–Crippen LogP) is 3.66. The number of carboxylic acid groups (broad SMARTS) is 1. The lowest BCUT2D eigenvalue weighted by molar-refractivity contribution is 0.0703. The smallest absolute Gasteiger partial charge is 0.349 e. The van der Waals surface area contributed by atoms with Crippen LogP contribution in [0.15, 0.2) is 48.8 Å². The molecule has 1 aromatic carbocycles. The largest absolute Gasteiger partial charge is 0.477 e. The van der Waals surface area contributed by atoms with E-state index in [1.54, 1.807) is 36.7 Å². The number of rotatable bonds is 7. The van der Waals surface area contributed by atoms with E-state index in [2.05, 4.69) is 25.9 Å². The van der Waals surface area contributed by atoms with E-state index in [0.717, 1.165) is 22.5 Å². The van der Waals surface area contributed by atoms with E-state index in [4.69, 9.17) is 0 Å². The number of nitrogens with zero attached hydrogens (tertiary/aromatic N) is 2. The van der Waals surface area contributed by atoms with Crippen molar-refractivity contribution < 1.29 is 14.7 Å². The third-order valence-corrected chi connectivity index (χ3v) is 4.82. The van der Waals surface area contributed by atoms with Gasteiger partial charge in [0.2, 0.25) is 0 Å². The first kappa shape index (κ1) is 19.3. The summed E-state index contributed by atoms with van der Waals surface area (Å²) in [5, 5.41) is 18.4. The second-order valence-electron chi connectivity index (χ2n) is 5.78. The number of benzene rings is 1. The summed E-state index contributed by atoms with van der Waals surface area (Å²) in [5.74, 6) is -0.643. The fraction of sp³-hybridized carbons (Fsp3) is 0.158. The number of carboxylic acids is 1. The maximum atomic E-state index is 12.0. The minimum absolute atomic E-state index is 0.175. The summed E-state index contributed by atoms with van der Waals surface area (Å²) in [4.78, 5) is 31.9. The number of aromatic nitrogens is 2. The fourth-order valence-corrected chi connectivity index (χ4v) is 3.32. The molecule has 0 saturated carbocycles. The average molecular weight is 397 g/mol. The van der Waals surface area contributed by atoms with Gasteiger partial charge in [-0.1, -0.05) is 6.07 Å². The Hall–Kier alpha value is -3.46. The monoisotopic (exact) mass is 397 g/mol. The molecule has 9 heteroatoms. The first-order chi connectivity index (χ1) is 13.6. The topological polar surface area (TPSA) is 116 Å². The zero-order valence-electron chi connectivity index (χ0n) is 15.1. The lowest BCUT2D eigenvalue weighted by Gasteiger charge is -2.08. The van der Waals surface area contributed by atoms with Crippen LogP contribution >= 0.6 is 11.3 Å². The second-order valence-corrected chi connectivity index (χ2v) is 6.78. The molecule has 0 atom stereocenters. The molecule has 2 amide bonds. The van der Waals surface area contributed by atoms with Gasteiger partial charge in [0.1, 0.15) is 5.01 Å².